The topological polar surface area (TPSA) is 0 Å². The van der Waals surface area contributed by atoms with Gasteiger partial charge in [0.05, 0.1) is 0 Å². The first-order valence-electron chi connectivity index (χ1n) is 3.94. The van der Waals surface area contributed by atoms with Gasteiger partial charge in [0.25, 0.3) is 0 Å². The maximum absolute atomic E-state index is 3.69. The van der Waals surface area contributed by atoms with Crippen molar-refractivity contribution in [2.24, 2.45) is 0 Å². The zero-order valence-corrected chi connectivity index (χ0v) is 8.14. The molecule has 1 heteroatoms. The van der Waals surface area contributed by atoms with Gasteiger partial charge in [-0.2, -0.15) is 0 Å². The van der Waals surface area contributed by atoms with Crippen LogP contribution in [0.4, 0.5) is 0 Å². The Balaban J connectivity index is 2.21. The molecule has 0 nitrogen and oxygen atoms in total. The van der Waals surface area contributed by atoms with Crippen molar-refractivity contribution < 1.29 is 0 Å². The molecule has 0 aliphatic heterocycles. The molecule has 2 rings (SSSR count). The molecule has 1 fully saturated rings. The van der Waals surface area contributed by atoms with Crippen LogP contribution >= 0.6 is 15.9 Å². The van der Waals surface area contributed by atoms with E-state index in [1.807, 2.05) is 0 Å². The summed E-state index contributed by atoms with van der Waals surface area (Å²) in [6.45, 7) is 2.25. The molecule has 1 aromatic carbocycles. The highest BCUT2D eigenvalue weighted by Gasteiger charge is 2.48. The summed E-state index contributed by atoms with van der Waals surface area (Å²) in [5, 5.41) is 0. The molecule has 0 amide bonds. The standard InChI is InChI=1S/C10H11Br/c1-10(11)7-9(10)8-5-3-2-4-6-8/h2-6,9H,7H2,1H3. The monoisotopic (exact) mass is 210 g/mol. The Hall–Kier alpha value is -0.300. The van der Waals surface area contributed by atoms with Gasteiger partial charge in [-0.15, -0.1) is 0 Å². The Labute approximate surface area is 75.8 Å². The molecular weight excluding hydrogens is 200 g/mol. The van der Waals surface area contributed by atoms with Crippen LogP contribution in [0.5, 0.6) is 0 Å². The predicted molar refractivity (Wildman–Crippen MR) is 51.1 cm³/mol. The zero-order valence-electron chi connectivity index (χ0n) is 6.55. The minimum Gasteiger partial charge on any atom is -0.0849 e. The van der Waals surface area contributed by atoms with Crippen molar-refractivity contribution in [3.8, 4) is 0 Å². The van der Waals surface area contributed by atoms with Crippen LogP contribution in [-0.2, 0) is 0 Å². The van der Waals surface area contributed by atoms with Crippen LogP contribution in [0.25, 0.3) is 0 Å². The number of hydrogen-bond donors (Lipinski definition) is 0. The molecule has 2 atom stereocenters. The highest BCUT2D eigenvalue weighted by molar-refractivity contribution is 9.10. The predicted octanol–water partition coefficient (Wildman–Crippen LogP) is 3.33. The van der Waals surface area contributed by atoms with Crippen molar-refractivity contribution in [2.75, 3.05) is 0 Å². The molecule has 0 radical (unpaired) electrons. The third-order valence-electron chi connectivity index (χ3n) is 2.37. The summed E-state index contributed by atoms with van der Waals surface area (Å²) >= 11 is 3.69. The minimum absolute atomic E-state index is 0.383. The molecule has 0 saturated heterocycles. The van der Waals surface area contributed by atoms with Crippen LogP contribution < -0.4 is 0 Å². The third kappa shape index (κ3) is 1.34. The van der Waals surface area contributed by atoms with Gasteiger partial charge in [-0.1, -0.05) is 46.3 Å². The second kappa shape index (κ2) is 2.34. The van der Waals surface area contributed by atoms with Crippen LogP contribution in [0.1, 0.15) is 24.8 Å². The largest absolute Gasteiger partial charge is 0.0849 e. The molecule has 1 aliphatic rings. The quantitative estimate of drug-likeness (QED) is 0.625. The normalized spacial score (nSPS) is 35.3. The summed E-state index contributed by atoms with van der Waals surface area (Å²) in [6.07, 6.45) is 1.27. The molecule has 0 spiro atoms. The summed E-state index contributed by atoms with van der Waals surface area (Å²) in [5.74, 6) is 0.740. The van der Waals surface area contributed by atoms with Gasteiger partial charge in [-0.25, -0.2) is 0 Å². The first kappa shape index (κ1) is 7.35. The molecule has 0 N–H and O–H groups in total. The van der Waals surface area contributed by atoms with Gasteiger partial charge in [0, 0.05) is 10.2 Å². The highest BCUT2D eigenvalue weighted by atomic mass is 79.9. The molecule has 1 aromatic rings. The van der Waals surface area contributed by atoms with Gasteiger partial charge in [-0.3, -0.25) is 0 Å². The van der Waals surface area contributed by atoms with E-state index in [1.54, 1.807) is 0 Å². The van der Waals surface area contributed by atoms with Crippen LogP contribution in [0.15, 0.2) is 30.3 Å². The average Bonchev–Trinajstić information content (AvgIpc) is 2.62. The molecular formula is C10H11Br. The first-order chi connectivity index (χ1) is 5.20. The molecule has 58 valence electrons. The van der Waals surface area contributed by atoms with Crippen molar-refractivity contribution in [2.45, 2.75) is 23.6 Å². The number of benzene rings is 1. The Morgan fingerprint density at radius 2 is 1.91 bits per heavy atom. The van der Waals surface area contributed by atoms with E-state index < -0.39 is 0 Å². The van der Waals surface area contributed by atoms with E-state index in [0.29, 0.717) is 4.32 Å². The van der Waals surface area contributed by atoms with Crippen molar-refractivity contribution in [3.63, 3.8) is 0 Å². The lowest BCUT2D eigenvalue weighted by atomic mass is 10.1. The number of hydrogen-bond acceptors (Lipinski definition) is 0. The summed E-state index contributed by atoms with van der Waals surface area (Å²) < 4.78 is 0.383. The second-order valence-electron chi connectivity index (χ2n) is 3.45. The Morgan fingerprint density at radius 1 is 1.36 bits per heavy atom. The van der Waals surface area contributed by atoms with E-state index in [-0.39, 0.29) is 0 Å². The fraction of sp³-hybridized carbons (Fsp3) is 0.400. The Kier molecular flexibility index (Phi) is 1.57. The van der Waals surface area contributed by atoms with Crippen LogP contribution in [0.3, 0.4) is 0 Å². The molecule has 2 unspecified atom stereocenters. The average molecular weight is 211 g/mol. The van der Waals surface area contributed by atoms with Gasteiger partial charge >= 0.3 is 0 Å². The van der Waals surface area contributed by atoms with E-state index in [4.69, 9.17) is 0 Å². The fourth-order valence-electron chi connectivity index (χ4n) is 1.49. The highest BCUT2D eigenvalue weighted by Crippen LogP contribution is 2.57. The van der Waals surface area contributed by atoms with Crippen LogP contribution in [-0.4, -0.2) is 4.32 Å². The van der Waals surface area contributed by atoms with Crippen molar-refractivity contribution >= 4 is 15.9 Å². The fourth-order valence-corrected chi connectivity index (χ4v) is 2.08. The van der Waals surface area contributed by atoms with Crippen LogP contribution in [0, 0.1) is 0 Å². The Morgan fingerprint density at radius 3 is 2.36 bits per heavy atom. The smallest absolute Gasteiger partial charge is 0.0305 e. The summed E-state index contributed by atoms with van der Waals surface area (Å²) in [4.78, 5) is 0. The molecule has 1 saturated carbocycles. The molecule has 0 bridgehead atoms. The van der Waals surface area contributed by atoms with Gasteiger partial charge in [0.15, 0.2) is 0 Å². The van der Waals surface area contributed by atoms with Crippen molar-refractivity contribution in [1.82, 2.24) is 0 Å². The van der Waals surface area contributed by atoms with Gasteiger partial charge in [0.1, 0.15) is 0 Å². The lowest BCUT2D eigenvalue weighted by Crippen LogP contribution is -1.91. The summed E-state index contributed by atoms with van der Waals surface area (Å²) in [7, 11) is 0. The minimum atomic E-state index is 0.383. The SMILES string of the molecule is CC1(Br)CC1c1ccccc1. The third-order valence-corrected chi connectivity index (χ3v) is 3.25. The number of halogens is 1. The molecule has 11 heavy (non-hydrogen) atoms. The van der Waals surface area contributed by atoms with E-state index >= 15 is 0 Å². The molecule has 0 heterocycles. The van der Waals surface area contributed by atoms with Crippen LogP contribution in [0.2, 0.25) is 0 Å². The van der Waals surface area contributed by atoms with Gasteiger partial charge in [0.2, 0.25) is 0 Å². The molecule has 1 aliphatic carbocycles. The van der Waals surface area contributed by atoms with E-state index in [1.165, 1.54) is 12.0 Å². The molecule has 0 aromatic heterocycles. The van der Waals surface area contributed by atoms with Gasteiger partial charge in [-0.05, 0) is 18.9 Å². The van der Waals surface area contributed by atoms with Crippen molar-refractivity contribution in [1.29, 1.82) is 0 Å². The van der Waals surface area contributed by atoms with E-state index in [9.17, 15) is 0 Å². The number of alkyl halides is 1. The number of rotatable bonds is 1. The van der Waals surface area contributed by atoms with Crippen molar-refractivity contribution in [3.05, 3.63) is 35.9 Å². The van der Waals surface area contributed by atoms with E-state index in [2.05, 4.69) is 53.2 Å². The summed E-state index contributed by atoms with van der Waals surface area (Å²) in [5.41, 5.74) is 1.46. The van der Waals surface area contributed by atoms with Gasteiger partial charge < -0.3 is 0 Å². The maximum atomic E-state index is 3.69. The zero-order chi connectivity index (χ0) is 7.90. The van der Waals surface area contributed by atoms with E-state index in [0.717, 1.165) is 5.92 Å². The lowest BCUT2D eigenvalue weighted by Gasteiger charge is -2.00. The Bertz CT molecular complexity index is 251. The summed E-state index contributed by atoms with van der Waals surface area (Å²) in [6, 6.07) is 10.7. The second-order valence-corrected chi connectivity index (χ2v) is 5.26. The first-order valence-corrected chi connectivity index (χ1v) is 4.73. The maximum Gasteiger partial charge on any atom is 0.0305 e. The lowest BCUT2D eigenvalue weighted by molar-refractivity contribution is 0.990.